The highest BCUT2D eigenvalue weighted by atomic mass is 16.5. The minimum absolute atomic E-state index is 0.134. The second-order valence-corrected chi connectivity index (χ2v) is 6.76. The smallest absolute Gasteiger partial charge is 0.311 e. The quantitative estimate of drug-likeness (QED) is 0.844. The molecule has 1 heterocycles. The molecule has 1 saturated heterocycles. The van der Waals surface area contributed by atoms with Gasteiger partial charge in [-0.15, -0.1) is 0 Å². The van der Waals surface area contributed by atoms with Crippen LogP contribution in [0.3, 0.4) is 0 Å². The third kappa shape index (κ3) is 3.72. The van der Waals surface area contributed by atoms with E-state index in [4.69, 9.17) is 10.5 Å². The summed E-state index contributed by atoms with van der Waals surface area (Å²) in [4.78, 5) is 26.2. The zero-order chi connectivity index (χ0) is 17.0. The summed E-state index contributed by atoms with van der Waals surface area (Å²) < 4.78 is 4.95. The van der Waals surface area contributed by atoms with Gasteiger partial charge in [0.2, 0.25) is 5.91 Å². The van der Waals surface area contributed by atoms with Gasteiger partial charge in [0, 0.05) is 6.54 Å². The van der Waals surface area contributed by atoms with Gasteiger partial charge in [0.1, 0.15) is 6.04 Å². The van der Waals surface area contributed by atoms with Crippen LogP contribution in [0.25, 0.3) is 0 Å². The second-order valence-electron chi connectivity index (χ2n) is 6.76. The molecule has 0 spiro atoms. The highest BCUT2D eigenvalue weighted by molar-refractivity contribution is 5.81. The van der Waals surface area contributed by atoms with Gasteiger partial charge in [0.25, 0.3) is 0 Å². The van der Waals surface area contributed by atoms with Gasteiger partial charge in [-0.25, -0.2) is 0 Å². The number of carbonyl (C=O) groups is 2. The maximum absolute atomic E-state index is 12.1. The molecule has 0 unspecified atom stereocenters. The van der Waals surface area contributed by atoms with Crippen LogP contribution < -0.4 is 5.73 Å². The van der Waals surface area contributed by atoms with Crippen LogP contribution in [0.4, 0.5) is 0 Å². The maximum Gasteiger partial charge on any atom is 0.311 e. The molecule has 0 bridgehead atoms. The molecule has 0 radical (unpaired) electrons. The molecule has 5 nitrogen and oxygen atoms in total. The summed E-state index contributed by atoms with van der Waals surface area (Å²) in [6.07, 6.45) is 1.88. The molecule has 1 aromatic carbocycles. The summed E-state index contributed by atoms with van der Waals surface area (Å²) in [5.74, 6) is -0.429. The van der Waals surface area contributed by atoms with Crippen molar-refractivity contribution >= 4 is 11.9 Å². The summed E-state index contributed by atoms with van der Waals surface area (Å²) in [5, 5.41) is 0. The van der Waals surface area contributed by atoms with Gasteiger partial charge in [-0.2, -0.15) is 0 Å². The van der Waals surface area contributed by atoms with Crippen molar-refractivity contribution < 1.29 is 14.3 Å². The van der Waals surface area contributed by atoms with Crippen molar-refractivity contribution in [3.05, 3.63) is 35.9 Å². The lowest BCUT2D eigenvalue weighted by molar-refractivity contribution is -0.155. The standard InChI is InChI=1S/C18H26N2O3/c1-18(2,17(22)23-3)14-10-7-11-20(12-14)15(16(19)21)13-8-5-4-6-9-13/h4-6,8-9,14-15H,7,10-12H2,1-3H3,(H2,19,21)/t14-,15+/m1/s1. The van der Waals surface area contributed by atoms with E-state index in [-0.39, 0.29) is 17.8 Å². The number of carbonyl (C=O) groups excluding carboxylic acids is 2. The van der Waals surface area contributed by atoms with Crippen molar-refractivity contribution in [2.75, 3.05) is 20.2 Å². The Morgan fingerprint density at radius 2 is 1.96 bits per heavy atom. The summed E-state index contributed by atoms with van der Waals surface area (Å²) >= 11 is 0. The number of methoxy groups -OCH3 is 1. The molecule has 126 valence electrons. The average Bonchev–Trinajstić information content (AvgIpc) is 2.55. The summed E-state index contributed by atoms with van der Waals surface area (Å²) in [7, 11) is 1.42. The summed E-state index contributed by atoms with van der Waals surface area (Å²) in [6.45, 7) is 5.28. The molecule has 1 amide bonds. The van der Waals surface area contributed by atoms with Gasteiger partial charge in [-0.3, -0.25) is 14.5 Å². The van der Waals surface area contributed by atoms with Gasteiger partial charge in [0.15, 0.2) is 0 Å². The highest BCUT2D eigenvalue weighted by Crippen LogP contribution is 2.37. The minimum Gasteiger partial charge on any atom is -0.469 e. The number of piperidine rings is 1. The molecular formula is C18H26N2O3. The fourth-order valence-electron chi connectivity index (χ4n) is 3.45. The Balaban J connectivity index is 2.22. The number of benzene rings is 1. The van der Waals surface area contributed by atoms with Crippen LogP contribution in [0.1, 0.15) is 38.3 Å². The molecule has 0 saturated carbocycles. The zero-order valence-electron chi connectivity index (χ0n) is 14.1. The maximum atomic E-state index is 12.1. The third-order valence-corrected chi connectivity index (χ3v) is 4.93. The van der Waals surface area contributed by atoms with Crippen LogP contribution in [0.5, 0.6) is 0 Å². The van der Waals surface area contributed by atoms with Crippen molar-refractivity contribution in [2.45, 2.75) is 32.7 Å². The Morgan fingerprint density at radius 1 is 1.30 bits per heavy atom. The predicted molar refractivity (Wildman–Crippen MR) is 88.5 cm³/mol. The molecule has 1 aromatic rings. The van der Waals surface area contributed by atoms with Gasteiger partial charge in [-0.1, -0.05) is 30.3 Å². The van der Waals surface area contributed by atoms with Crippen molar-refractivity contribution in [3.63, 3.8) is 0 Å². The molecule has 2 N–H and O–H groups in total. The molecule has 1 aliphatic heterocycles. The van der Waals surface area contributed by atoms with Crippen LogP contribution in [0.2, 0.25) is 0 Å². The Bertz CT molecular complexity index is 557. The zero-order valence-corrected chi connectivity index (χ0v) is 14.1. The number of ether oxygens (including phenoxy) is 1. The number of nitrogens with two attached hydrogens (primary N) is 1. The largest absolute Gasteiger partial charge is 0.469 e. The first-order valence-electron chi connectivity index (χ1n) is 8.04. The van der Waals surface area contributed by atoms with Crippen LogP contribution in [0, 0.1) is 11.3 Å². The second kappa shape index (κ2) is 7.13. The number of hydrogen-bond donors (Lipinski definition) is 1. The first-order chi connectivity index (χ1) is 10.9. The van der Waals surface area contributed by atoms with Crippen LogP contribution in [-0.2, 0) is 14.3 Å². The molecule has 0 aromatic heterocycles. The summed E-state index contributed by atoms with van der Waals surface area (Å²) in [6, 6.07) is 9.12. The molecular weight excluding hydrogens is 292 g/mol. The fraction of sp³-hybridized carbons (Fsp3) is 0.556. The third-order valence-electron chi connectivity index (χ3n) is 4.93. The number of rotatable bonds is 5. The first kappa shape index (κ1) is 17.5. The topological polar surface area (TPSA) is 72.6 Å². The van der Waals surface area contributed by atoms with Crippen molar-refractivity contribution in [1.29, 1.82) is 0 Å². The SMILES string of the molecule is COC(=O)C(C)(C)[C@@H]1CCCN([C@H](C(N)=O)c2ccccc2)C1. The number of likely N-dealkylation sites (tertiary alicyclic amines) is 1. The monoisotopic (exact) mass is 318 g/mol. The molecule has 1 aliphatic rings. The lowest BCUT2D eigenvalue weighted by atomic mass is 9.74. The lowest BCUT2D eigenvalue weighted by Crippen LogP contribution is -2.48. The fourth-order valence-corrected chi connectivity index (χ4v) is 3.45. The minimum atomic E-state index is -0.577. The average molecular weight is 318 g/mol. The van der Waals surface area contributed by atoms with E-state index >= 15 is 0 Å². The van der Waals surface area contributed by atoms with E-state index in [1.165, 1.54) is 7.11 Å². The molecule has 0 aliphatic carbocycles. The van der Waals surface area contributed by atoms with E-state index in [1.807, 2.05) is 44.2 Å². The van der Waals surface area contributed by atoms with Crippen molar-refractivity contribution in [2.24, 2.45) is 17.1 Å². The van der Waals surface area contributed by atoms with E-state index in [9.17, 15) is 9.59 Å². The predicted octanol–water partition coefficient (Wildman–Crippen LogP) is 2.12. The van der Waals surface area contributed by atoms with Gasteiger partial charge < -0.3 is 10.5 Å². The van der Waals surface area contributed by atoms with Gasteiger partial charge in [0.05, 0.1) is 12.5 Å². The number of primary amides is 1. The van der Waals surface area contributed by atoms with Crippen LogP contribution >= 0.6 is 0 Å². The molecule has 23 heavy (non-hydrogen) atoms. The normalized spacial score (nSPS) is 20.7. The number of amides is 1. The molecule has 1 fully saturated rings. The summed E-state index contributed by atoms with van der Waals surface area (Å²) in [5.41, 5.74) is 5.99. The van der Waals surface area contributed by atoms with Gasteiger partial charge in [-0.05, 0) is 44.7 Å². The Hall–Kier alpha value is -1.88. The van der Waals surface area contributed by atoms with E-state index in [2.05, 4.69) is 4.90 Å². The Kier molecular flexibility index (Phi) is 5.42. The molecule has 5 heteroatoms. The van der Waals surface area contributed by atoms with Crippen LogP contribution in [0.15, 0.2) is 30.3 Å². The van der Waals surface area contributed by atoms with E-state index in [0.717, 1.165) is 24.9 Å². The number of esters is 1. The number of hydrogen-bond acceptors (Lipinski definition) is 4. The lowest BCUT2D eigenvalue weighted by Gasteiger charge is -2.42. The molecule has 2 atom stereocenters. The van der Waals surface area contributed by atoms with E-state index in [1.54, 1.807) is 0 Å². The molecule has 2 rings (SSSR count). The Labute approximate surface area is 137 Å². The Morgan fingerprint density at radius 3 is 2.52 bits per heavy atom. The van der Waals surface area contributed by atoms with Crippen molar-refractivity contribution in [1.82, 2.24) is 4.90 Å². The van der Waals surface area contributed by atoms with E-state index in [0.29, 0.717) is 6.54 Å². The van der Waals surface area contributed by atoms with E-state index < -0.39 is 11.5 Å². The van der Waals surface area contributed by atoms with Crippen molar-refractivity contribution in [3.8, 4) is 0 Å². The van der Waals surface area contributed by atoms with Gasteiger partial charge >= 0.3 is 5.97 Å². The van der Waals surface area contributed by atoms with Crippen LogP contribution in [-0.4, -0.2) is 37.0 Å². The number of nitrogens with zero attached hydrogens (tertiary/aromatic N) is 1. The highest BCUT2D eigenvalue weighted by Gasteiger charge is 2.42. The first-order valence-corrected chi connectivity index (χ1v) is 8.04.